The first kappa shape index (κ1) is 12.2. The number of fused-ring (bicyclic) bond motifs is 1. The van der Waals surface area contributed by atoms with Gasteiger partial charge in [-0.2, -0.15) is 0 Å². The quantitative estimate of drug-likeness (QED) is 0.823. The first-order chi connectivity index (χ1) is 8.92. The van der Waals surface area contributed by atoms with E-state index in [4.69, 9.17) is 0 Å². The molecule has 98 valence electrons. The molecule has 3 nitrogen and oxygen atoms in total. The van der Waals surface area contributed by atoms with Crippen molar-refractivity contribution in [2.45, 2.75) is 30.8 Å². The highest BCUT2D eigenvalue weighted by molar-refractivity contribution is 5.28. The van der Waals surface area contributed by atoms with Crippen LogP contribution in [0.1, 0.15) is 24.3 Å². The van der Waals surface area contributed by atoms with Gasteiger partial charge in [0.2, 0.25) is 0 Å². The van der Waals surface area contributed by atoms with Crippen LogP contribution in [0.3, 0.4) is 0 Å². The second-order valence-electron chi connectivity index (χ2n) is 5.40. The fourth-order valence-electron chi connectivity index (χ4n) is 3.52. The molecular weight excluding hydrogens is 224 g/mol. The molecule has 1 aromatic rings. The lowest BCUT2D eigenvalue weighted by Crippen LogP contribution is -2.67. The molecular formula is C15H22N2O. The van der Waals surface area contributed by atoms with Gasteiger partial charge in [-0.1, -0.05) is 30.3 Å². The van der Waals surface area contributed by atoms with Crippen molar-refractivity contribution in [3.8, 4) is 0 Å². The number of benzene rings is 1. The smallest absolute Gasteiger partial charge is 0.0593 e. The normalized spacial score (nSPS) is 33.1. The highest BCUT2D eigenvalue weighted by atomic mass is 16.3. The molecule has 2 aliphatic heterocycles. The molecule has 3 atom stereocenters. The lowest BCUT2D eigenvalue weighted by atomic mass is 9.74. The van der Waals surface area contributed by atoms with Crippen LogP contribution in [0.25, 0.3) is 0 Å². The van der Waals surface area contributed by atoms with E-state index in [-0.39, 0.29) is 6.61 Å². The van der Waals surface area contributed by atoms with Crippen LogP contribution in [0.4, 0.5) is 0 Å². The fourth-order valence-corrected chi connectivity index (χ4v) is 3.52. The van der Waals surface area contributed by atoms with Gasteiger partial charge in [0.05, 0.1) is 6.61 Å². The zero-order valence-corrected chi connectivity index (χ0v) is 10.8. The number of aliphatic hydroxyl groups excluding tert-OH is 1. The number of aliphatic hydroxyl groups is 1. The molecule has 3 rings (SSSR count). The lowest BCUT2D eigenvalue weighted by Gasteiger charge is -2.56. The Bertz CT molecular complexity index is 381. The highest BCUT2D eigenvalue weighted by Crippen LogP contribution is 2.40. The third-order valence-corrected chi connectivity index (χ3v) is 4.43. The molecule has 2 N–H and O–H groups in total. The van der Waals surface area contributed by atoms with Gasteiger partial charge < -0.3 is 10.4 Å². The van der Waals surface area contributed by atoms with Crippen molar-refractivity contribution in [3.63, 3.8) is 0 Å². The molecule has 0 amide bonds. The van der Waals surface area contributed by atoms with Gasteiger partial charge in [0.15, 0.2) is 0 Å². The van der Waals surface area contributed by atoms with Crippen LogP contribution in [0.2, 0.25) is 0 Å². The minimum Gasteiger partial charge on any atom is -0.395 e. The van der Waals surface area contributed by atoms with Gasteiger partial charge in [0, 0.05) is 24.5 Å². The third kappa shape index (κ3) is 2.07. The van der Waals surface area contributed by atoms with Crippen molar-refractivity contribution in [2.24, 2.45) is 0 Å². The number of hydrogen-bond donors (Lipinski definition) is 2. The fraction of sp³-hybridized carbons (Fsp3) is 0.600. The Hall–Kier alpha value is -0.900. The second kappa shape index (κ2) is 5.39. The maximum absolute atomic E-state index is 9.66. The zero-order valence-electron chi connectivity index (χ0n) is 10.8. The van der Waals surface area contributed by atoms with E-state index in [1.54, 1.807) is 0 Å². The molecule has 0 radical (unpaired) electrons. The monoisotopic (exact) mass is 246 g/mol. The molecule has 18 heavy (non-hydrogen) atoms. The Balaban J connectivity index is 1.80. The molecule has 2 aliphatic rings. The van der Waals surface area contributed by atoms with Crippen molar-refractivity contribution in [1.29, 1.82) is 0 Å². The Morgan fingerprint density at radius 3 is 2.83 bits per heavy atom. The summed E-state index contributed by atoms with van der Waals surface area (Å²) in [4.78, 5) is 2.49. The minimum absolute atomic E-state index is 0.274. The van der Waals surface area contributed by atoms with Gasteiger partial charge in [-0.25, -0.2) is 0 Å². The predicted molar refractivity (Wildman–Crippen MR) is 72.7 cm³/mol. The van der Waals surface area contributed by atoms with E-state index in [2.05, 4.69) is 40.5 Å². The van der Waals surface area contributed by atoms with Gasteiger partial charge in [0.25, 0.3) is 0 Å². The Labute approximate surface area is 109 Å². The zero-order chi connectivity index (χ0) is 12.4. The first-order valence-corrected chi connectivity index (χ1v) is 7.04. The Morgan fingerprint density at radius 1 is 1.22 bits per heavy atom. The summed E-state index contributed by atoms with van der Waals surface area (Å²) >= 11 is 0. The van der Waals surface area contributed by atoms with Gasteiger partial charge in [0.1, 0.15) is 0 Å². The topological polar surface area (TPSA) is 35.5 Å². The van der Waals surface area contributed by atoms with E-state index in [0.29, 0.717) is 18.0 Å². The summed E-state index contributed by atoms with van der Waals surface area (Å²) in [6.45, 7) is 3.60. The number of rotatable bonds is 2. The summed E-state index contributed by atoms with van der Waals surface area (Å²) in [7, 11) is 0. The molecule has 2 heterocycles. The maximum Gasteiger partial charge on any atom is 0.0593 e. The van der Waals surface area contributed by atoms with Crippen molar-refractivity contribution in [1.82, 2.24) is 10.2 Å². The summed E-state index contributed by atoms with van der Waals surface area (Å²) in [5, 5.41) is 13.2. The first-order valence-electron chi connectivity index (χ1n) is 7.04. The summed E-state index contributed by atoms with van der Waals surface area (Å²) in [6, 6.07) is 11.5. The van der Waals surface area contributed by atoms with Crippen molar-refractivity contribution >= 4 is 0 Å². The summed E-state index contributed by atoms with van der Waals surface area (Å²) in [5.74, 6) is 0.488. The van der Waals surface area contributed by atoms with Crippen LogP contribution >= 0.6 is 0 Å². The Morgan fingerprint density at radius 2 is 2.06 bits per heavy atom. The standard InChI is InChI=1S/C15H22N2O/c18-11-14-15(12-6-2-1-3-7-12)13-10-16-8-4-5-9-17(13)14/h1-3,6-7,13-16,18H,4-5,8-11H2/t13-,14+,15+/m0/s1. The largest absolute Gasteiger partial charge is 0.395 e. The Kier molecular flexibility index (Phi) is 3.64. The average Bonchev–Trinajstić information content (AvgIpc) is 2.38. The van der Waals surface area contributed by atoms with Crippen LogP contribution in [0, 0.1) is 0 Å². The van der Waals surface area contributed by atoms with Crippen LogP contribution < -0.4 is 5.32 Å². The van der Waals surface area contributed by atoms with E-state index in [1.807, 2.05) is 0 Å². The third-order valence-electron chi connectivity index (χ3n) is 4.43. The van der Waals surface area contributed by atoms with Crippen LogP contribution in [-0.4, -0.2) is 48.3 Å². The molecule has 0 aliphatic carbocycles. The number of hydrogen-bond acceptors (Lipinski definition) is 3. The van der Waals surface area contributed by atoms with Gasteiger partial charge in [-0.15, -0.1) is 0 Å². The van der Waals surface area contributed by atoms with E-state index in [1.165, 1.54) is 18.4 Å². The molecule has 3 heteroatoms. The molecule has 0 saturated carbocycles. The summed E-state index contributed by atoms with van der Waals surface area (Å²) in [5.41, 5.74) is 1.38. The van der Waals surface area contributed by atoms with E-state index in [9.17, 15) is 5.11 Å². The van der Waals surface area contributed by atoms with E-state index < -0.39 is 0 Å². The van der Waals surface area contributed by atoms with Crippen LogP contribution in [0.5, 0.6) is 0 Å². The lowest BCUT2D eigenvalue weighted by molar-refractivity contribution is -0.0464. The molecule has 2 fully saturated rings. The van der Waals surface area contributed by atoms with Gasteiger partial charge in [-0.05, 0) is 31.5 Å². The van der Waals surface area contributed by atoms with Crippen molar-refractivity contribution in [3.05, 3.63) is 35.9 Å². The predicted octanol–water partition coefficient (Wildman–Crippen LogP) is 1.20. The van der Waals surface area contributed by atoms with Crippen molar-refractivity contribution < 1.29 is 5.11 Å². The average molecular weight is 246 g/mol. The van der Waals surface area contributed by atoms with Crippen molar-refractivity contribution in [2.75, 3.05) is 26.2 Å². The molecule has 0 unspecified atom stereocenters. The molecule has 2 saturated heterocycles. The second-order valence-corrected chi connectivity index (χ2v) is 5.40. The molecule has 0 spiro atoms. The van der Waals surface area contributed by atoms with Crippen LogP contribution in [-0.2, 0) is 0 Å². The van der Waals surface area contributed by atoms with E-state index >= 15 is 0 Å². The highest BCUT2D eigenvalue weighted by Gasteiger charge is 2.47. The minimum atomic E-state index is 0.274. The number of nitrogens with one attached hydrogen (secondary N) is 1. The summed E-state index contributed by atoms with van der Waals surface area (Å²) in [6.07, 6.45) is 2.49. The molecule has 0 bridgehead atoms. The van der Waals surface area contributed by atoms with E-state index in [0.717, 1.165) is 19.6 Å². The van der Waals surface area contributed by atoms with Gasteiger partial charge in [-0.3, -0.25) is 4.90 Å². The summed E-state index contributed by atoms with van der Waals surface area (Å²) < 4.78 is 0. The van der Waals surface area contributed by atoms with Gasteiger partial charge >= 0.3 is 0 Å². The number of nitrogens with zero attached hydrogens (tertiary/aromatic N) is 1. The SMILES string of the molecule is OC[C@@H]1[C@H](c2ccccc2)[C@@H]2CNCCCCN12. The molecule has 1 aromatic carbocycles. The molecule has 0 aromatic heterocycles. The van der Waals surface area contributed by atoms with Crippen LogP contribution in [0.15, 0.2) is 30.3 Å². The maximum atomic E-state index is 9.66.